The molecule has 0 aliphatic heterocycles. The van der Waals surface area contributed by atoms with Gasteiger partial charge in [-0.1, -0.05) is 30.3 Å². The van der Waals surface area contributed by atoms with Crippen molar-refractivity contribution >= 4 is 34.7 Å². The standard InChI is InChI=1S/C19H17F3N2O3S/c1-24(2)18(26)28-16-10-6-4-8-14(16)23-17(25)12-11-13-7-3-5-9-15(13)27-19(20,21)22/h3-12H,1-2H3,(H,23,25)/b12-11+. The van der Waals surface area contributed by atoms with Gasteiger partial charge in [0.25, 0.3) is 5.24 Å². The molecule has 28 heavy (non-hydrogen) atoms. The highest BCUT2D eigenvalue weighted by Gasteiger charge is 2.31. The average molecular weight is 410 g/mol. The summed E-state index contributed by atoms with van der Waals surface area (Å²) in [6.45, 7) is 0. The molecule has 0 aliphatic rings. The van der Waals surface area contributed by atoms with Crippen LogP contribution in [0.1, 0.15) is 5.56 Å². The predicted molar refractivity (Wildman–Crippen MR) is 102 cm³/mol. The van der Waals surface area contributed by atoms with Gasteiger partial charge in [-0.25, -0.2) is 0 Å². The van der Waals surface area contributed by atoms with Gasteiger partial charge in [0, 0.05) is 30.6 Å². The number of carbonyl (C=O) groups is 2. The molecule has 0 radical (unpaired) electrons. The number of halogens is 3. The minimum absolute atomic E-state index is 0.0976. The smallest absolute Gasteiger partial charge is 0.405 e. The number of carbonyl (C=O) groups excluding carboxylic acids is 2. The van der Waals surface area contributed by atoms with E-state index in [4.69, 9.17) is 0 Å². The summed E-state index contributed by atoms with van der Waals surface area (Å²) in [6.07, 6.45) is -2.52. The molecule has 2 aromatic rings. The molecular formula is C19H17F3N2O3S. The number of hydrogen-bond donors (Lipinski definition) is 1. The third-order valence-electron chi connectivity index (χ3n) is 3.27. The van der Waals surface area contributed by atoms with Gasteiger partial charge in [0.1, 0.15) is 5.75 Å². The molecule has 1 N–H and O–H groups in total. The second kappa shape index (κ2) is 9.32. The minimum Gasteiger partial charge on any atom is -0.405 e. The maximum Gasteiger partial charge on any atom is 0.573 e. The lowest BCUT2D eigenvalue weighted by molar-refractivity contribution is -0.274. The Bertz CT molecular complexity index is 883. The quantitative estimate of drug-likeness (QED) is 0.556. The molecule has 2 amide bonds. The second-order valence-corrected chi connectivity index (χ2v) is 6.66. The van der Waals surface area contributed by atoms with Crippen LogP contribution in [0.5, 0.6) is 5.75 Å². The molecule has 0 bridgehead atoms. The lowest BCUT2D eigenvalue weighted by Crippen LogP contribution is -2.17. The van der Waals surface area contributed by atoms with Gasteiger partial charge in [-0.05, 0) is 36.0 Å². The summed E-state index contributed by atoms with van der Waals surface area (Å²) in [4.78, 5) is 26.0. The van der Waals surface area contributed by atoms with Crippen molar-refractivity contribution in [3.05, 3.63) is 60.2 Å². The van der Waals surface area contributed by atoms with E-state index in [1.165, 1.54) is 29.2 Å². The van der Waals surface area contributed by atoms with Crippen LogP contribution >= 0.6 is 11.8 Å². The van der Waals surface area contributed by atoms with E-state index in [-0.39, 0.29) is 10.8 Å². The lowest BCUT2D eigenvalue weighted by atomic mass is 10.2. The van der Waals surface area contributed by atoms with E-state index >= 15 is 0 Å². The summed E-state index contributed by atoms with van der Waals surface area (Å²) in [6, 6.07) is 12.2. The van der Waals surface area contributed by atoms with Crippen LogP contribution < -0.4 is 10.1 Å². The van der Waals surface area contributed by atoms with E-state index in [1.54, 1.807) is 38.4 Å². The van der Waals surface area contributed by atoms with Crippen LogP contribution in [0.2, 0.25) is 0 Å². The third-order valence-corrected chi connectivity index (χ3v) is 4.38. The normalized spacial score (nSPS) is 11.3. The SMILES string of the molecule is CN(C)C(=O)Sc1ccccc1NC(=O)/C=C/c1ccccc1OC(F)(F)F. The number of benzene rings is 2. The molecular weight excluding hydrogens is 393 g/mol. The Balaban J connectivity index is 2.13. The van der Waals surface area contributed by atoms with Gasteiger partial charge in [0.15, 0.2) is 0 Å². The molecule has 2 rings (SSSR count). The molecule has 0 atom stereocenters. The van der Waals surface area contributed by atoms with Crippen LogP contribution in [0.3, 0.4) is 0 Å². The Hall–Kier alpha value is -2.94. The molecule has 0 unspecified atom stereocenters. The number of ether oxygens (including phenoxy) is 1. The van der Waals surface area contributed by atoms with Crippen LogP contribution in [-0.4, -0.2) is 36.5 Å². The summed E-state index contributed by atoms with van der Waals surface area (Å²) in [7, 11) is 3.22. The zero-order chi connectivity index (χ0) is 20.7. The number of amides is 2. The van der Waals surface area contributed by atoms with E-state index in [9.17, 15) is 22.8 Å². The van der Waals surface area contributed by atoms with E-state index in [0.717, 1.165) is 23.9 Å². The topological polar surface area (TPSA) is 58.6 Å². The fourth-order valence-electron chi connectivity index (χ4n) is 2.02. The van der Waals surface area contributed by atoms with Crippen LogP contribution in [0.4, 0.5) is 23.7 Å². The van der Waals surface area contributed by atoms with Crippen molar-refractivity contribution in [2.45, 2.75) is 11.3 Å². The van der Waals surface area contributed by atoms with E-state index < -0.39 is 18.0 Å². The predicted octanol–water partition coefficient (Wildman–Crippen LogP) is 5.01. The molecule has 2 aromatic carbocycles. The van der Waals surface area contributed by atoms with Crippen molar-refractivity contribution in [3.8, 4) is 5.75 Å². The second-order valence-electron chi connectivity index (χ2n) is 5.67. The van der Waals surface area contributed by atoms with Gasteiger partial charge in [0.05, 0.1) is 5.69 Å². The fourth-order valence-corrected chi connectivity index (χ4v) is 2.77. The largest absolute Gasteiger partial charge is 0.573 e. The minimum atomic E-state index is -4.83. The Morgan fingerprint density at radius 2 is 1.71 bits per heavy atom. The first-order chi connectivity index (χ1) is 13.2. The number of thioether (sulfide) groups is 1. The Labute approximate surface area is 164 Å². The number of rotatable bonds is 5. The van der Waals surface area contributed by atoms with Gasteiger partial charge < -0.3 is 15.0 Å². The summed E-state index contributed by atoms with van der Waals surface area (Å²) >= 11 is 0.947. The number of nitrogens with one attached hydrogen (secondary N) is 1. The number of hydrogen-bond acceptors (Lipinski definition) is 4. The highest BCUT2D eigenvalue weighted by atomic mass is 32.2. The van der Waals surface area contributed by atoms with Crippen LogP contribution in [0, 0.1) is 0 Å². The maximum absolute atomic E-state index is 12.5. The molecule has 5 nitrogen and oxygen atoms in total. The lowest BCUT2D eigenvalue weighted by Gasteiger charge is -2.12. The summed E-state index contributed by atoms with van der Waals surface area (Å²) in [5.41, 5.74) is 0.512. The maximum atomic E-state index is 12.5. The number of anilines is 1. The number of alkyl halides is 3. The van der Waals surface area contributed by atoms with Crippen molar-refractivity contribution in [1.29, 1.82) is 0 Å². The van der Waals surface area contributed by atoms with Crippen molar-refractivity contribution < 1.29 is 27.5 Å². The molecule has 0 fully saturated rings. The van der Waals surface area contributed by atoms with E-state index in [2.05, 4.69) is 10.1 Å². The summed E-state index contributed by atoms with van der Waals surface area (Å²) in [5, 5.41) is 2.40. The first-order valence-electron chi connectivity index (χ1n) is 7.98. The van der Waals surface area contributed by atoms with Crippen molar-refractivity contribution in [2.75, 3.05) is 19.4 Å². The molecule has 148 valence electrons. The van der Waals surface area contributed by atoms with Crippen LogP contribution in [0.25, 0.3) is 6.08 Å². The van der Waals surface area contributed by atoms with Crippen molar-refractivity contribution in [1.82, 2.24) is 4.90 Å². The Morgan fingerprint density at radius 3 is 2.39 bits per heavy atom. The van der Waals surface area contributed by atoms with Crippen molar-refractivity contribution in [3.63, 3.8) is 0 Å². The van der Waals surface area contributed by atoms with Gasteiger partial charge in [0.2, 0.25) is 5.91 Å². The molecule has 0 aromatic heterocycles. The fraction of sp³-hybridized carbons (Fsp3) is 0.158. The monoisotopic (exact) mass is 410 g/mol. The zero-order valence-electron chi connectivity index (χ0n) is 15.0. The number of para-hydroxylation sites is 2. The Morgan fingerprint density at radius 1 is 1.07 bits per heavy atom. The molecule has 0 saturated carbocycles. The van der Waals surface area contributed by atoms with Gasteiger partial charge in [-0.15, -0.1) is 13.2 Å². The zero-order valence-corrected chi connectivity index (χ0v) is 15.8. The molecule has 0 aliphatic carbocycles. The molecule has 0 heterocycles. The molecule has 9 heteroatoms. The first-order valence-corrected chi connectivity index (χ1v) is 8.79. The van der Waals surface area contributed by atoms with E-state index in [1.807, 2.05) is 0 Å². The Kier molecular flexibility index (Phi) is 7.11. The van der Waals surface area contributed by atoms with E-state index in [0.29, 0.717) is 10.6 Å². The van der Waals surface area contributed by atoms with Crippen LogP contribution in [-0.2, 0) is 4.79 Å². The van der Waals surface area contributed by atoms with Gasteiger partial charge in [-0.2, -0.15) is 0 Å². The highest BCUT2D eigenvalue weighted by molar-refractivity contribution is 8.13. The van der Waals surface area contributed by atoms with Gasteiger partial charge >= 0.3 is 6.36 Å². The third kappa shape index (κ3) is 6.66. The summed E-state index contributed by atoms with van der Waals surface area (Å²) in [5.74, 6) is -0.973. The number of nitrogens with zero attached hydrogens (tertiary/aromatic N) is 1. The van der Waals surface area contributed by atoms with Gasteiger partial charge in [-0.3, -0.25) is 9.59 Å². The van der Waals surface area contributed by atoms with Crippen molar-refractivity contribution in [2.24, 2.45) is 0 Å². The average Bonchev–Trinajstić information content (AvgIpc) is 2.61. The van der Waals surface area contributed by atoms with Crippen LogP contribution in [0.15, 0.2) is 59.5 Å². The molecule has 0 saturated heterocycles. The first kappa shape index (κ1) is 21.4. The highest BCUT2D eigenvalue weighted by Crippen LogP contribution is 2.29. The molecule has 0 spiro atoms. The summed E-state index contributed by atoms with van der Waals surface area (Å²) < 4.78 is 41.3.